The van der Waals surface area contributed by atoms with E-state index in [0.29, 0.717) is 9.34 Å². The second-order valence-corrected chi connectivity index (χ2v) is 3.17. The number of halogens is 2. The topological polar surface area (TPSA) is 68.9 Å². The zero-order chi connectivity index (χ0) is 8.43. The molecular weight excluding hydrogens is 278 g/mol. The highest BCUT2D eigenvalue weighted by molar-refractivity contribution is 9.11. The lowest BCUT2D eigenvalue weighted by molar-refractivity contribution is 0.0998. The first-order valence-corrected chi connectivity index (χ1v) is 4.17. The van der Waals surface area contributed by atoms with Crippen LogP contribution in [-0.4, -0.2) is 15.9 Å². The van der Waals surface area contributed by atoms with Gasteiger partial charge in [0.15, 0.2) is 4.73 Å². The standard InChI is InChI=1S/C5H3Br2N3O/c6-3-2(4(8)11)1-9-5(7)10-3/h1H,(H2,8,11). The molecule has 58 valence electrons. The lowest BCUT2D eigenvalue weighted by atomic mass is 10.3. The third-order valence-electron chi connectivity index (χ3n) is 0.978. The molecule has 4 nitrogen and oxygen atoms in total. The fraction of sp³-hybridized carbons (Fsp3) is 0. The molecule has 0 radical (unpaired) electrons. The molecular formula is C5H3Br2N3O. The van der Waals surface area contributed by atoms with Crippen LogP contribution in [0.4, 0.5) is 0 Å². The van der Waals surface area contributed by atoms with Crippen molar-refractivity contribution in [3.05, 3.63) is 21.1 Å². The quantitative estimate of drug-likeness (QED) is 0.619. The summed E-state index contributed by atoms with van der Waals surface area (Å²) in [6.07, 6.45) is 1.35. The van der Waals surface area contributed by atoms with Gasteiger partial charge in [0.05, 0.1) is 5.56 Å². The molecule has 0 aromatic carbocycles. The predicted molar refractivity (Wildman–Crippen MR) is 45.9 cm³/mol. The van der Waals surface area contributed by atoms with E-state index in [1.807, 2.05) is 0 Å². The molecule has 1 rings (SSSR count). The Balaban J connectivity index is 3.20. The molecule has 1 heterocycles. The lowest BCUT2D eigenvalue weighted by Crippen LogP contribution is -2.12. The van der Waals surface area contributed by atoms with Crippen LogP contribution in [0.3, 0.4) is 0 Å². The summed E-state index contributed by atoms with van der Waals surface area (Å²) in [5.41, 5.74) is 5.27. The second-order valence-electron chi connectivity index (χ2n) is 1.71. The Hall–Kier alpha value is -0.490. The summed E-state index contributed by atoms with van der Waals surface area (Å²) in [7, 11) is 0. The van der Waals surface area contributed by atoms with E-state index >= 15 is 0 Å². The number of carbonyl (C=O) groups is 1. The SMILES string of the molecule is NC(=O)c1cnc(Br)nc1Br. The minimum absolute atomic E-state index is 0.271. The first-order chi connectivity index (χ1) is 5.11. The molecule has 1 aromatic heterocycles. The van der Waals surface area contributed by atoms with Crippen LogP contribution < -0.4 is 5.73 Å². The van der Waals surface area contributed by atoms with Crippen LogP contribution in [-0.2, 0) is 0 Å². The number of hydrogen-bond donors (Lipinski definition) is 1. The van der Waals surface area contributed by atoms with E-state index in [4.69, 9.17) is 5.73 Å². The molecule has 0 aliphatic rings. The zero-order valence-corrected chi connectivity index (χ0v) is 8.39. The largest absolute Gasteiger partial charge is 0.365 e. The van der Waals surface area contributed by atoms with Gasteiger partial charge in [0.2, 0.25) is 0 Å². The van der Waals surface area contributed by atoms with Gasteiger partial charge in [-0.15, -0.1) is 0 Å². The average Bonchev–Trinajstić information content (AvgIpc) is 1.85. The van der Waals surface area contributed by atoms with E-state index in [9.17, 15) is 4.79 Å². The second kappa shape index (κ2) is 3.27. The van der Waals surface area contributed by atoms with Crippen LogP contribution in [0.5, 0.6) is 0 Å². The Bertz CT molecular complexity index is 302. The van der Waals surface area contributed by atoms with Crippen molar-refractivity contribution in [1.82, 2.24) is 9.97 Å². The van der Waals surface area contributed by atoms with Gasteiger partial charge in [-0.1, -0.05) is 0 Å². The van der Waals surface area contributed by atoms with Crippen LogP contribution in [0, 0.1) is 0 Å². The third kappa shape index (κ3) is 1.97. The number of nitrogens with zero attached hydrogens (tertiary/aromatic N) is 2. The molecule has 0 atom stereocenters. The van der Waals surface area contributed by atoms with E-state index in [-0.39, 0.29) is 5.56 Å². The maximum Gasteiger partial charge on any atom is 0.253 e. The zero-order valence-electron chi connectivity index (χ0n) is 5.21. The number of hydrogen-bond acceptors (Lipinski definition) is 3. The monoisotopic (exact) mass is 279 g/mol. The number of rotatable bonds is 1. The average molecular weight is 281 g/mol. The van der Waals surface area contributed by atoms with Crippen molar-refractivity contribution in [3.8, 4) is 0 Å². The molecule has 0 aliphatic carbocycles. The van der Waals surface area contributed by atoms with Crippen LogP contribution >= 0.6 is 31.9 Å². The van der Waals surface area contributed by atoms with Crippen molar-refractivity contribution < 1.29 is 4.79 Å². The minimum atomic E-state index is -0.552. The molecule has 0 saturated heterocycles. The maximum absolute atomic E-state index is 10.6. The molecule has 0 saturated carbocycles. The van der Waals surface area contributed by atoms with Crippen LogP contribution in [0.2, 0.25) is 0 Å². The first-order valence-electron chi connectivity index (χ1n) is 2.59. The summed E-state index contributed by atoms with van der Waals surface area (Å²) >= 11 is 6.11. The van der Waals surface area contributed by atoms with Gasteiger partial charge in [-0.25, -0.2) is 9.97 Å². The summed E-state index contributed by atoms with van der Waals surface area (Å²) in [5.74, 6) is -0.552. The maximum atomic E-state index is 10.6. The number of carbonyl (C=O) groups excluding carboxylic acids is 1. The fourth-order valence-electron chi connectivity index (χ4n) is 0.506. The molecule has 1 aromatic rings. The highest BCUT2D eigenvalue weighted by Gasteiger charge is 2.07. The van der Waals surface area contributed by atoms with E-state index in [2.05, 4.69) is 41.8 Å². The minimum Gasteiger partial charge on any atom is -0.365 e. The van der Waals surface area contributed by atoms with Crippen molar-refractivity contribution in [2.45, 2.75) is 0 Å². The highest BCUT2D eigenvalue weighted by Crippen LogP contribution is 2.14. The smallest absolute Gasteiger partial charge is 0.253 e. The first kappa shape index (κ1) is 8.61. The predicted octanol–water partition coefficient (Wildman–Crippen LogP) is 1.10. The number of primary amides is 1. The van der Waals surface area contributed by atoms with Crippen LogP contribution in [0.15, 0.2) is 15.5 Å². The molecule has 11 heavy (non-hydrogen) atoms. The number of amides is 1. The van der Waals surface area contributed by atoms with Crippen molar-refractivity contribution in [2.24, 2.45) is 5.73 Å². The molecule has 0 fully saturated rings. The summed E-state index contributed by atoms with van der Waals surface area (Å²) in [5, 5.41) is 0. The van der Waals surface area contributed by atoms with Gasteiger partial charge in [0.25, 0.3) is 5.91 Å². The van der Waals surface area contributed by atoms with E-state index in [1.165, 1.54) is 6.20 Å². The van der Waals surface area contributed by atoms with Gasteiger partial charge < -0.3 is 5.73 Å². The molecule has 0 bridgehead atoms. The normalized spacial score (nSPS) is 9.64. The van der Waals surface area contributed by atoms with Crippen molar-refractivity contribution in [1.29, 1.82) is 0 Å². The van der Waals surface area contributed by atoms with Gasteiger partial charge in [-0.3, -0.25) is 4.79 Å². The summed E-state index contributed by atoms with van der Waals surface area (Å²) in [4.78, 5) is 18.2. The van der Waals surface area contributed by atoms with Crippen LogP contribution in [0.25, 0.3) is 0 Å². The van der Waals surface area contributed by atoms with E-state index in [0.717, 1.165) is 0 Å². The number of nitrogens with two attached hydrogens (primary N) is 1. The van der Waals surface area contributed by atoms with E-state index < -0.39 is 5.91 Å². The lowest BCUT2D eigenvalue weighted by Gasteiger charge is -1.96. The Morgan fingerprint density at radius 2 is 2.18 bits per heavy atom. The van der Waals surface area contributed by atoms with Gasteiger partial charge in [-0.05, 0) is 31.9 Å². The molecule has 0 spiro atoms. The van der Waals surface area contributed by atoms with Gasteiger partial charge in [0, 0.05) is 6.20 Å². The number of aromatic nitrogens is 2. The van der Waals surface area contributed by atoms with E-state index in [1.54, 1.807) is 0 Å². The Labute approximate surface area is 79.5 Å². The molecule has 1 amide bonds. The van der Waals surface area contributed by atoms with Gasteiger partial charge in [-0.2, -0.15) is 0 Å². The molecule has 0 unspecified atom stereocenters. The summed E-state index contributed by atoms with van der Waals surface area (Å²) in [6, 6.07) is 0. The molecule has 0 aliphatic heterocycles. The fourth-order valence-corrected chi connectivity index (χ4v) is 1.49. The molecule has 2 N–H and O–H groups in total. The molecule has 6 heteroatoms. The van der Waals surface area contributed by atoms with Gasteiger partial charge >= 0.3 is 0 Å². The van der Waals surface area contributed by atoms with Crippen molar-refractivity contribution in [2.75, 3.05) is 0 Å². The third-order valence-corrected chi connectivity index (χ3v) is 1.96. The summed E-state index contributed by atoms with van der Waals surface area (Å²) < 4.78 is 0.807. The Kier molecular flexibility index (Phi) is 2.56. The summed E-state index contributed by atoms with van der Waals surface area (Å²) in [6.45, 7) is 0. The van der Waals surface area contributed by atoms with Crippen molar-refractivity contribution >= 4 is 37.8 Å². The van der Waals surface area contributed by atoms with Crippen LogP contribution in [0.1, 0.15) is 10.4 Å². The van der Waals surface area contributed by atoms with Gasteiger partial charge in [0.1, 0.15) is 4.60 Å². The van der Waals surface area contributed by atoms with Crippen molar-refractivity contribution in [3.63, 3.8) is 0 Å². The Morgan fingerprint density at radius 3 is 2.64 bits per heavy atom. The highest BCUT2D eigenvalue weighted by atomic mass is 79.9. The Morgan fingerprint density at radius 1 is 1.55 bits per heavy atom.